The van der Waals surface area contributed by atoms with Gasteiger partial charge in [-0.3, -0.25) is 0 Å². The first-order chi connectivity index (χ1) is 5.29. The van der Waals surface area contributed by atoms with Crippen LogP contribution < -0.4 is 0 Å². The minimum atomic E-state index is 0.253. The lowest BCUT2D eigenvalue weighted by Crippen LogP contribution is -1.70. The summed E-state index contributed by atoms with van der Waals surface area (Å²) < 4.78 is 0. The van der Waals surface area contributed by atoms with Crippen LogP contribution in [0, 0.1) is 6.92 Å². The summed E-state index contributed by atoms with van der Waals surface area (Å²) in [7, 11) is 0. The lowest BCUT2D eigenvalue weighted by Gasteiger charge is -1.92. The van der Waals surface area contributed by atoms with Crippen LogP contribution in [0.3, 0.4) is 0 Å². The molecule has 1 heterocycles. The third-order valence-corrected chi connectivity index (χ3v) is 1.93. The van der Waals surface area contributed by atoms with Crippen LogP contribution in [0.15, 0.2) is 24.4 Å². The van der Waals surface area contributed by atoms with E-state index in [0.717, 1.165) is 10.8 Å². The molecule has 0 saturated heterocycles. The van der Waals surface area contributed by atoms with Crippen LogP contribution in [-0.2, 0) is 0 Å². The van der Waals surface area contributed by atoms with Crippen LogP contribution in [0.5, 0.6) is 5.88 Å². The Morgan fingerprint density at radius 2 is 2.09 bits per heavy atom. The number of benzene rings is 1. The predicted octanol–water partition coefficient (Wildman–Crippen LogP) is 2.18. The van der Waals surface area contributed by atoms with Crippen molar-refractivity contribution in [3.05, 3.63) is 30.0 Å². The quantitative estimate of drug-likeness (QED) is 0.588. The van der Waals surface area contributed by atoms with Gasteiger partial charge in [0.1, 0.15) is 0 Å². The highest BCUT2D eigenvalue weighted by Gasteiger charge is 2.01. The molecule has 0 fully saturated rings. The molecule has 2 N–H and O–H groups in total. The van der Waals surface area contributed by atoms with Crippen molar-refractivity contribution in [2.75, 3.05) is 0 Å². The molecule has 2 heteroatoms. The summed E-state index contributed by atoms with van der Waals surface area (Å²) in [5, 5.41) is 11.3. The number of aromatic amines is 1. The van der Waals surface area contributed by atoms with Gasteiger partial charge >= 0.3 is 0 Å². The van der Waals surface area contributed by atoms with E-state index in [1.54, 1.807) is 0 Å². The van der Waals surface area contributed by atoms with Crippen LogP contribution in [0.2, 0.25) is 0 Å². The van der Waals surface area contributed by atoms with Crippen molar-refractivity contribution in [3.8, 4) is 5.88 Å². The maximum atomic E-state index is 9.28. The van der Waals surface area contributed by atoms with Crippen molar-refractivity contribution < 1.29 is 5.11 Å². The summed E-state index contributed by atoms with van der Waals surface area (Å²) in [6.45, 7) is 2.02. The Balaban J connectivity index is 2.94. The van der Waals surface area contributed by atoms with Gasteiger partial charge in [0.05, 0.1) is 0 Å². The van der Waals surface area contributed by atoms with Gasteiger partial charge in [0.15, 0.2) is 5.88 Å². The Morgan fingerprint density at radius 3 is 2.82 bits per heavy atom. The molecule has 0 amide bonds. The monoisotopic (exact) mass is 147 g/mol. The molecular formula is C9H9NO. The first kappa shape index (κ1) is 6.28. The topological polar surface area (TPSA) is 36.0 Å². The Morgan fingerprint density at radius 1 is 1.27 bits per heavy atom. The van der Waals surface area contributed by atoms with Gasteiger partial charge in [0.2, 0.25) is 0 Å². The summed E-state index contributed by atoms with van der Waals surface area (Å²) in [6, 6.07) is 5.86. The molecule has 0 bridgehead atoms. The number of rotatable bonds is 0. The van der Waals surface area contributed by atoms with Gasteiger partial charge in [0.25, 0.3) is 0 Å². The second kappa shape index (κ2) is 2.02. The average molecular weight is 147 g/mol. The van der Waals surface area contributed by atoms with Crippen molar-refractivity contribution in [2.45, 2.75) is 6.92 Å². The van der Waals surface area contributed by atoms with Crippen molar-refractivity contribution in [1.82, 2.24) is 4.98 Å². The van der Waals surface area contributed by atoms with E-state index in [2.05, 4.69) is 4.98 Å². The zero-order valence-corrected chi connectivity index (χ0v) is 6.26. The van der Waals surface area contributed by atoms with Crippen molar-refractivity contribution >= 4 is 10.8 Å². The average Bonchev–Trinajstić information content (AvgIpc) is 2.35. The molecule has 0 unspecified atom stereocenters. The molecule has 2 rings (SSSR count). The molecule has 0 aliphatic heterocycles. The second-order valence-electron chi connectivity index (χ2n) is 2.67. The Labute approximate surface area is 64.5 Å². The van der Waals surface area contributed by atoms with E-state index >= 15 is 0 Å². The van der Waals surface area contributed by atoms with E-state index in [0.29, 0.717) is 0 Å². The lowest BCUT2D eigenvalue weighted by atomic mass is 10.1. The molecule has 1 aromatic heterocycles. The zero-order valence-electron chi connectivity index (χ0n) is 6.26. The Hall–Kier alpha value is -1.44. The minimum absolute atomic E-state index is 0.253. The van der Waals surface area contributed by atoms with E-state index in [1.165, 1.54) is 5.56 Å². The van der Waals surface area contributed by atoms with E-state index in [-0.39, 0.29) is 5.88 Å². The summed E-state index contributed by atoms with van der Waals surface area (Å²) in [4.78, 5) is 2.77. The smallest absolute Gasteiger partial charge is 0.196 e. The number of hydrogen-bond acceptors (Lipinski definition) is 1. The van der Waals surface area contributed by atoms with Crippen LogP contribution in [-0.4, -0.2) is 10.1 Å². The number of aryl methyl sites for hydroxylation is 1. The number of aromatic hydroxyl groups is 1. The molecule has 1 aromatic carbocycles. The van der Waals surface area contributed by atoms with Crippen LogP contribution >= 0.6 is 0 Å². The van der Waals surface area contributed by atoms with Crippen LogP contribution in [0.4, 0.5) is 0 Å². The fourth-order valence-corrected chi connectivity index (χ4v) is 1.30. The second-order valence-corrected chi connectivity index (χ2v) is 2.67. The first-order valence-electron chi connectivity index (χ1n) is 3.54. The largest absolute Gasteiger partial charge is 0.494 e. The van der Waals surface area contributed by atoms with Gasteiger partial charge in [-0.25, -0.2) is 0 Å². The Kier molecular flexibility index (Phi) is 1.15. The third-order valence-electron chi connectivity index (χ3n) is 1.93. The van der Waals surface area contributed by atoms with Crippen LogP contribution in [0.25, 0.3) is 10.8 Å². The number of nitrogens with one attached hydrogen (secondary N) is 1. The first-order valence-corrected chi connectivity index (χ1v) is 3.54. The fraction of sp³-hybridized carbons (Fsp3) is 0.111. The molecule has 0 radical (unpaired) electrons. The number of aromatic nitrogens is 1. The van der Waals surface area contributed by atoms with Crippen molar-refractivity contribution in [3.63, 3.8) is 0 Å². The highest BCUT2D eigenvalue weighted by molar-refractivity contribution is 5.89. The molecule has 0 aliphatic rings. The standard InChI is InChI=1S/C9H9NO/c1-6-3-2-4-7-8(6)5-10-9(7)11/h2-5,10-11H,1H3. The van der Waals surface area contributed by atoms with Gasteiger partial charge in [-0.2, -0.15) is 0 Å². The van der Waals surface area contributed by atoms with E-state index in [1.807, 2.05) is 31.3 Å². The maximum Gasteiger partial charge on any atom is 0.196 e. The molecule has 0 atom stereocenters. The van der Waals surface area contributed by atoms with Gasteiger partial charge < -0.3 is 10.1 Å². The molecule has 56 valence electrons. The molecule has 2 nitrogen and oxygen atoms in total. The highest BCUT2D eigenvalue weighted by Crippen LogP contribution is 2.25. The lowest BCUT2D eigenvalue weighted by molar-refractivity contribution is 0.462. The summed E-state index contributed by atoms with van der Waals surface area (Å²) in [5.41, 5.74) is 1.18. The number of H-pyrrole nitrogens is 1. The summed E-state index contributed by atoms with van der Waals surface area (Å²) in [6.07, 6.45) is 1.82. The van der Waals surface area contributed by atoms with Crippen molar-refractivity contribution in [1.29, 1.82) is 0 Å². The minimum Gasteiger partial charge on any atom is -0.494 e. The molecular weight excluding hydrogens is 138 g/mol. The highest BCUT2D eigenvalue weighted by atomic mass is 16.3. The predicted molar refractivity (Wildman–Crippen MR) is 44.7 cm³/mol. The van der Waals surface area contributed by atoms with E-state index < -0.39 is 0 Å². The molecule has 0 aliphatic carbocycles. The summed E-state index contributed by atoms with van der Waals surface area (Å²) >= 11 is 0. The Bertz CT molecular complexity index is 389. The van der Waals surface area contributed by atoms with Gasteiger partial charge in [0, 0.05) is 17.0 Å². The fourth-order valence-electron chi connectivity index (χ4n) is 1.30. The molecule has 11 heavy (non-hydrogen) atoms. The van der Waals surface area contributed by atoms with Crippen molar-refractivity contribution in [2.24, 2.45) is 0 Å². The van der Waals surface area contributed by atoms with E-state index in [9.17, 15) is 5.11 Å². The molecule has 2 aromatic rings. The van der Waals surface area contributed by atoms with Gasteiger partial charge in [-0.05, 0) is 18.6 Å². The number of fused-ring (bicyclic) bond motifs is 1. The van der Waals surface area contributed by atoms with Gasteiger partial charge in [-0.1, -0.05) is 12.1 Å². The molecule has 0 spiro atoms. The van der Waals surface area contributed by atoms with Gasteiger partial charge in [-0.15, -0.1) is 0 Å². The zero-order chi connectivity index (χ0) is 7.84. The maximum absolute atomic E-state index is 9.28. The third kappa shape index (κ3) is 0.792. The summed E-state index contributed by atoms with van der Waals surface area (Å²) in [5.74, 6) is 0.253. The molecule has 0 saturated carbocycles. The SMILES string of the molecule is Cc1cccc2c(O)[nH]cc12. The van der Waals surface area contributed by atoms with Crippen LogP contribution in [0.1, 0.15) is 5.56 Å². The number of hydrogen-bond donors (Lipinski definition) is 2. The normalized spacial score (nSPS) is 10.6. The van der Waals surface area contributed by atoms with E-state index in [4.69, 9.17) is 0 Å².